The lowest BCUT2D eigenvalue weighted by atomic mass is 10.5. The Kier molecular flexibility index (Phi) is 57.2. The Balaban J connectivity index is -0.0000000804. The van der Waals surface area contributed by atoms with Crippen LogP contribution in [0.2, 0.25) is 0 Å². The van der Waals surface area contributed by atoms with E-state index in [2.05, 4.69) is 60.5 Å². The zero-order valence-corrected chi connectivity index (χ0v) is 23.6. The van der Waals surface area contributed by atoms with Gasteiger partial charge in [-0.15, -0.1) is 13.2 Å². The predicted octanol–water partition coefficient (Wildman–Crippen LogP) is 4.75. The van der Waals surface area contributed by atoms with Crippen LogP contribution in [-0.2, 0) is 47.4 Å². The maximum absolute atomic E-state index is 10.4. The maximum atomic E-state index is 10.4. The molecule has 222 valence electrons. The number of rotatable bonds is 5. The molecule has 15 heteroatoms. The van der Waals surface area contributed by atoms with Crippen molar-refractivity contribution in [3.63, 3.8) is 0 Å². The van der Waals surface area contributed by atoms with Crippen molar-refractivity contribution in [2.75, 3.05) is 69.1 Å². The van der Waals surface area contributed by atoms with Crippen molar-refractivity contribution in [2.24, 2.45) is 0 Å². The molecule has 0 radical (unpaired) electrons. The number of carbonyl (C=O) groups excluding carboxylic acids is 5. The van der Waals surface area contributed by atoms with Crippen LogP contribution in [0.25, 0.3) is 0 Å². The topological polar surface area (TPSA) is 178 Å². The molecule has 0 N–H and O–H groups in total. The second-order valence-corrected chi connectivity index (χ2v) is 4.62. The molecule has 0 amide bonds. The second kappa shape index (κ2) is 45.6. The van der Waals surface area contributed by atoms with E-state index in [-0.39, 0.29) is 0 Å². The summed E-state index contributed by atoms with van der Waals surface area (Å²) in [6.07, 6.45) is -2.30. The summed E-state index contributed by atoms with van der Waals surface area (Å²) in [6, 6.07) is 0. The summed E-state index contributed by atoms with van der Waals surface area (Å²) >= 11 is 0. The number of hydrogen-bond donors (Lipinski definition) is 0. The minimum absolute atomic E-state index is 0.368. The van der Waals surface area contributed by atoms with E-state index in [1.807, 2.05) is 6.92 Å². The summed E-state index contributed by atoms with van der Waals surface area (Å²) in [6.45, 7) is 14.7. The first-order valence-corrected chi connectivity index (χ1v) is 10.5. The van der Waals surface area contributed by atoms with Crippen LogP contribution in [-0.4, -0.2) is 99.9 Å². The number of methoxy groups -OCH3 is 6. The Morgan fingerprint density at radius 1 is 0.432 bits per heavy atom. The first-order valence-electron chi connectivity index (χ1n) is 10.5. The average molecular weight is 549 g/mol. The van der Waals surface area contributed by atoms with Crippen molar-refractivity contribution < 1.29 is 71.3 Å². The minimum atomic E-state index is -0.657. The maximum Gasteiger partial charge on any atom is 0.508 e. The van der Waals surface area contributed by atoms with E-state index in [0.29, 0.717) is 26.4 Å². The molecule has 0 heterocycles. The zero-order chi connectivity index (χ0) is 30.5. The van der Waals surface area contributed by atoms with Gasteiger partial charge in [0.2, 0.25) is 0 Å². The van der Waals surface area contributed by atoms with Gasteiger partial charge in [0.05, 0.1) is 69.1 Å². The summed E-state index contributed by atoms with van der Waals surface area (Å²) < 4.78 is 42.1. The van der Waals surface area contributed by atoms with E-state index in [9.17, 15) is 24.0 Å². The van der Waals surface area contributed by atoms with Gasteiger partial charge in [0.15, 0.2) is 0 Å². The lowest BCUT2D eigenvalue weighted by Crippen LogP contribution is -2.07. The van der Waals surface area contributed by atoms with Crippen LogP contribution in [0.4, 0.5) is 24.0 Å². The van der Waals surface area contributed by atoms with Gasteiger partial charge in [-0.25, -0.2) is 24.0 Å². The largest absolute Gasteiger partial charge is 0.508 e. The Morgan fingerprint density at radius 2 is 0.676 bits per heavy atom. The number of ether oxygens (including phenoxy) is 10. The Labute approximate surface area is 219 Å². The second-order valence-electron chi connectivity index (χ2n) is 4.62. The smallest absolute Gasteiger partial charge is 0.438 e. The van der Waals surface area contributed by atoms with Gasteiger partial charge < -0.3 is 47.4 Å². The molecule has 0 aromatic heterocycles. The molecule has 0 bridgehead atoms. The standard InChI is InChI=1S/C6H12O3.2C4H8O3.2C3H6O3.C2H4/c1-3-5-9-6(7)8-4-2;2*1-3-7-4(5)6-2;2*1-5-3(4)6-2;1-2/h3-5H2,1-2H3;2*3H2,1-2H3;2*1-2H3;1-2H2. The fraction of sp³-hybridized carbons (Fsp3) is 0.682. The molecular formula is C22H44O15. The van der Waals surface area contributed by atoms with Gasteiger partial charge in [-0.05, 0) is 27.2 Å². The molecule has 0 aliphatic carbocycles. The van der Waals surface area contributed by atoms with Gasteiger partial charge in [-0.3, -0.25) is 0 Å². The van der Waals surface area contributed by atoms with Gasteiger partial charge >= 0.3 is 30.8 Å². The molecule has 0 aliphatic heterocycles. The number of hydrogen-bond acceptors (Lipinski definition) is 15. The van der Waals surface area contributed by atoms with Gasteiger partial charge in [-0.1, -0.05) is 6.92 Å². The molecule has 0 atom stereocenters. The monoisotopic (exact) mass is 548 g/mol. The molecule has 0 unspecified atom stereocenters. The highest BCUT2D eigenvalue weighted by molar-refractivity contribution is 5.60. The third-order valence-electron chi connectivity index (χ3n) is 2.21. The summed E-state index contributed by atoms with van der Waals surface area (Å²) in [5.74, 6) is 0. The van der Waals surface area contributed by atoms with Crippen LogP contribution in [0.15, 0.2) is 13.2 Å². The first-order chi connectivity index (χ1) is 17.5. The minimum Gasteiger partial charge on any atom is -0.438 e. The summed E-state index contributed by atoms with van der Waals surface area (Å²) in [7, 11) is 7.57. The summed E-state index contributed by atoms with van der Waals surface area (Å²) in [5, 5.41) is 0. The SMILES string of the molecule is C=C.CCCOC(=O)OCC.CCOC(=O)OC.CCOC(=O)OC.COC(=O)OC.COC(=O)OC. The van der Waals surface area contributed by atoms with Crippen molar-refractivity contribution in [1.29, 1.82) is 0 Å². The van der Waals surface area contributed by atoms with E-state index in [1.54, 1.807) is 20.8 Å². The molecule has 15 nitrogen and oxygen atoms in total. The Hall–Kier alpha value is -3.91. The van der Waals surface area contributed by atoms with Crippen molar-refractivity contribution in [3.05, 3.63) is 13.2 Å². The third-order valence-corrected chi connectivity index (χ3v) is 2.21. The lowest BCUT2D eigenvalue weighted by molar-refractivity contribution is 0.0590. The zero-order valence-electron chi connectivity index (χ0n) is 23.6. The molecule has 0 aliphatic rings. The molecule has 0 fully saturated rings. The predicted molar refractivity (Wildman–Crippen MR) is 131 cm³/mol. The molecule has 0 aromatic rings. The van der Waals surface area contributed by atoms with Crippen LogP contribution in [0.3, 0.4) is 0 Å². The van der Waals surface area contributed by atoms with Crippen molar-refractivity contribution in [3.8, 4) is 0 Å². The molecule has 0 rings (SSSR count). The quantitative estimate of drug-likeness (QED) is 0.261. The van der Waals surface area contributed by atoms with Gasteiger partial charge in [0.1, 0.15) is 0 Å². The van der Waals surface area contributed by atoms with E-state index in [4.69, 9.17) is 0 Å². The van der Waals surface area contributed by atoms with Crippen molar-refractivity contribution in [2.45, 2.75) is 34.1 Å². The molecular weight excluding hydrogens is 504 g/mol. The van der Waals surface area contributed by atoms with Crippen LogP contribution in [0.5, 0.6) is 0 Å². The van der Waals surface area contributed by atoms with Crippen molar-refractivity contribution in [1.82, 2.24) is 0 Å². The fourth-order valence-electron chi connectivity index (χ4n) is 0.865. The fourth-order valence-corrected chi connectivity index (χ4v) is 0.865. The first kappa shape index (κ1) is 46.4. The highest BCUT2D eigenvalue weighted by Crippen LogP contribution is 1.86. The molecule has 0 aromatic carbocycles. The summed E-state index contributed by atoms with van der Waals surface area (Å²) in [5.41, 5.74) is 0. The molecule has 0 spiro atoms. The van der Waals surface area contributed by atoms with Crippen LogP contribution in [0, 0.1) is 0 Å². The Morgan fingerprint density at radius 3 is 0.811 bits per heavy atom. The van der Waals surface area contributed by atoms with E-state index >= 15 is 0 Å². The highest BCUT2D eigenvalue weighted by Gasteiger charge is 1.98. The van der Waals surface area contributed by atoms with Crippen LogP contribution in [0.1, 0.15) is 34.1 Å². The van der Waals surface area contributed by atoms with Crippen LogP contribution < -0.4 is 0 Å². The van der Waals surface area contributed by atoms with Gasteiger partial charge in [-0.2, -0.15) is 0 Å². The van der Waals surface area contributed by atoms with Gasteiger partial charge in [0, 0.05) is 0 Å². The number of carbonyl (C=O) groups is 5. The molecule has 0 saturated carbocycles. The normalized spacial score (nSPS) is 7.41. The van der Waals surface area contributed by atoms with Gasteiger partial charge in [0.25, 0.3) is 0 Å². The summed E-state index contributed by atoms with van der Waals surface area (Å²) in [4.78, 5) is 49.8. The highest BCUT2D eigenvalue weighted by atomic mass is 16.7. The van der Waals surface area contributed by atoms with E-state index in [1.165, 1.54) is 42.7 Å². The van der Waals surface area contributed by atoms with E-state index < -0.39 is 30.8 Å². The van der Waals surface area contributed by atoms with E-state index in [0.717, 1.165) is 6.42 Å². The molecule has 0 saturated heterocycles. The molecule has 37 heavy (non-hydrogen) atoms. The average Bonchev–Trinajstić information content (AvgIpc) is 2.93. The lowest BCUT2D eigenvalue weighted by Gasteiger charge is -2.00. The Bertz CT molecular complexity index is 478. The van der Waals surface area contributed by atoms with Crippen molar-refractivity contribution >= 4 is 30.8 Å². The third kappa shape index (κ3) is 65.3. The van der Waals surface area contributed by atoms with Crippen LogP contribution >= 0.6 is 0 Å².